The predicted molar refractivity (Wildman–Crippen MR) is 77.6 cm³/mol. The SMILES string of the molecule is Cc1cc(NC(=O)CN(C)C(=O)C(C)C(C)N)no1.Cl. The number of hydrogen-bond acceptors (Lipinski definition) is 5. The molecule has 1 rings (SSSR count). The minimum absolute atomic E-state index is 0. The fourth-order valence-electron chi connectivity index (χ4n) is 1.47. The van der Waals surface area contributed by atoms with Crippen molar-refractivity contribution < 1.29 is 14.1 Å². The third kappa shape index (κ3) is 5.18. The molecule has 0 fully saturated rings. The van der Waals surface area contributed by atoms with Crippen molar-refractivity contribution in [1.82, 2.24) is 10.1 Å². The molecule has 7 nitrogen and oxygen atoms in total. The standard InChI is InChI=1S/C12H20N4O3.ClH/c1-7-5-10(15-19-7)14-11(17)6-16(4)12(18)8(2)9(3)13;/h5,8-9H,6,13H2,1-4H3,(H,14,15,17);1H. The molecule has 0 saturated carbocycles. The second kappa shape index (κ2) is 7.86. The first kappa shape index (κ1) is 18.4. The predicted octanol–water partition coefficient (Wildman–Crippen LogP) is 0.785. The zero-order valence-electron chi connectivity index (χ0n) is 12.0. The summed E-state index contributed by atoms with van der Waals surface area (Å²) in [5, 5.41) is 6.19. The summed E-state index contributed by atoms with van der Waals surface area (Å²) < 4.78 is 4.83. The molecule has 0 aromatic carbocycles. The van der Waals surface area contributed by atoms with Crippen molar-refractivity contribution >= 4 is 30.0 Å². The number of halogens is 1. The number of carbonyl (C=O) groups is 2. The molecular weight excluding hydrogens is 284 g/mol. The molecule has 2 amide bonds. The summed E-state index contributed by atoms with van der Waals surface area (Å²) in [5.74, 6) is 0.114. The van der Waals surface area contributed by atoms with E-state index in [-0.39, 0.29) is 42.7 Å². The second-order valence-corrected chi connectivity index (χ2v) is 4.71. The van der Waals surface area contributed by atoms with E-state index in [0.717, 1.165) is 0 Å². The summed E-state index contributed by atoms with van der Waals surface area (Å²) in [6.07, 6.45) is 0. The van der Waals surface area contributed by atoms with E-state index in [9.17, 15) is 9.59 Å². The Balaban J connectivity index is 0.00000361. The minimum atomic E-state index is -0.332. The van der Waals surface area contributed by atoms with Crippen molar-refractivity contribution in [3.8, 4) is 0 Å². The average molecular weight is 305 g/mol. The van der Waals surface area contributed by atoms with Crippen LogP contribution in [0.25, 0.3) is 0 Å². The molecule has 0 aliphatic carbocycles. The van der Waals surface area contributed by atoms with E-state index in [1.807, 2.05) is 0 Å². The molecule has 0 aliphatic rings. The van der Waals surface area contributed by atoms with Gasteiger partial charge in [0.1, 0.15) is 5.76 Å². The van der Waals surface area contributed by atoms with Crippen molar-refractivity contribution in [2.75, 3.05) is 18.9 Å². The van der Waals surface area contributed by atoms with Gasteiger partial charge in [-0.1, -0.05) is 12.1 Å². The Hall–Kier alpha value is -1.60. The lowest BCUT2D eigenvalue weighted by molar-refractivity contribution is -0.136. The molecule has 8 heteroatoms. The molecule has 3 N–H and O–H groups in total. The first-order chi connectivity index (χ1) is 8.81. The van der Waals surface area contributed by atoms with Crippen molar-refractivity contribution in [1.29, 1.82) is 0 Å². The Morgan fingerprint density at radius 1 is 1.50 bits per heavy atom. The summed E-state index contributed by atoms with van der Waals surface area (Å²) >= 11 is 0. The molecule has 2 unspecified atom stereocenters. The lowest BCUT2D eigenvalue weighted by Crippen LogP contribution is -2.42. The number of carbonyl (C=O) groups excluding carboxylic acids is 2. The van der Waals surface area contributed by atoms with E-state index >= 15 is 0 Å². The van der Waals surface area contributed by atoms with Gasteiger partial charge < -0.3 is 20.5 Å². The maximum atomic E-state index is 11.9. The van der Waals surface area contributed by atoms with Crippen LogP contribution in [0.2, 0.25) is 0 Å². The second-order valence-electron chi connectivity index (χ2n) is 4.71. The number of likely N-dealkylation sites (N-methyl/N-ethyl adjacent to an activating group) is 1. The average Bonchev–Trinajstić information content (AvgIpc) is 2.72. The van der Waals surface area contributed by atoms with Crippen molar-refractivity contribution in [2.24, 2.45) is 11.7 Å². The van der Waals surface area contributed by atoms with Crippen LogP contribution in [0.5, 0.6) is 0 Å². The molecule has 1 aromatic rings. The number of anilines is 1. The maximum absolute atomic E-state index is 11.9. The highest BCUT2D eigenvalue weighted by atomic mass is 35.5. The zero-order chi connectivity index (χ0) is 14.6. The summed E-state index contributed by atoms with van der Waals surface area (Å²) in [5.41, 5.74) is 5.66. The Labute approximate surface area is 124 Å². The van der Waals surface area contributed by atoms with Gasteiger partial charge >= 0.3 is 0 Å². The van der Waals surface area contributed by atoms with Crippen LogP contribution < -0.4 is 11.1 Å². The van der Waals surface area contributed by atoms with Crippen LogP contribution >= 0.6 is 12.4 Å². The van der Waals surface area contributed by atoms with E-state index in [1.165, 1.54) is 4.90 Å². The van der Waals surface area contributed by atoms with Gasteiger partial charge in [0, 0.05) is 19.2 Å². The van der Waals surface area contributed by atoms with E-state index in [1.54, 1.807) is 33.9 Å². The van der Waals surface area contributed by atoms with Gasteiger partial charge in [0.2, 0.25) is 11.8 Å². The van der Waals surface area contributed by atoms with E-state index < -0.39 is 0 Å². The molecule has 1 aromatic heterocycles. The largest absolute Gasteiger partial charge is 0.360 e. The molecule has 1 heterocycles. The van der Waals surface area contributed by atoms with Crippen LogP contribution in [-0.2, 0) is 9.59 Å². The van der Waals surface area contributed by atoms with E-state index in [2.05, 4.69) is 10.5 Å². The molecule has 114 valence electrons. The van der Waals surface area contributed by atoms with E-state index in [4.69, 9.17) is 10.3 Å². The topological polar surface area (TPSA) is 101 Å². The van der Waals surface area contributed by atoms with Crippen LogP contribution in [0.15, 0.2) is 10.6 Å². The molecular formula is C12H21ClN4O3. The Bertz CT molecular complexity index is 461. The highest BCUT2D eigenvalue weighted by Crippen LogP contribution is 2.08. The quantitative estimate of drug-likeness (QED) is 0.837. The summed E-state index contributed by atoms with van der Waals surface area (Å²) in [6.45, 7) is 5.17. The number of aryl methyl sites for hydroxylation is 1. The minimum Gasteiger partial charge on any atom is -0.360 e. The van der Waals surface area contributed by atoms with Crippen molar-refractivity contribution in [3.63, 3.8) is 0 Å². The number of rotatable bonds is 5. The van der Waals surface area contributed by atoms with Gasteiger partial charge in [-0.3, -0.25) is 9.59 Å². The van der Waals surface area contributed by atoms with Gasteiger partial charge in [-0.05, 0) is 13.8 Å². The van der Waals surface area contributed by atoms with E-state index in [0.29, 0.717) is 11.6 Å². The summed E-state index contributed by atoms with van der Waals surface area (Å²) in [7, 11) is 1.56. The Morgan fingerprint density at radius 3 is 2.55 bits per heavy atom. The molecule has 0 radical (unpaired) electrons. The van der Waals surface area contributed by atoms with Gasteiger partial charge in [-0.15, -0.1) is 12.4 Å². The van der Waals surface area contributed by atoms with Gasteiger partial charge in [0.25, 0.3) is 0 Å². The third-order valence-corrected chi connectivity index (χ3v) is 2.83. The molecule has 0 aliphatic heterocycles. The van der Waals surface area contributed by atoms with Crippen molar-refractivity contribution in [3.05, 3.63) is 11.8 Å². The van der Waals surface area contributed by atoms with Crippen LogP contribution in [-0.4, -0.2) is 41.5 Å². The monoisotopic (exact) mass is 304 g/mol. The lowest BCUT2D eigenvalue weighted by atomic mass is 10.0. The van der Waals surface area contributed by atoms with Gasteiger partial charge in [-0.2, -0.15) is 0 Å². The smallest absolute Gasteiger partial charge is 0.245 e. The van der Waals surface area contributed by atoms with Gasteiger partial charge in [-0.25, -0.2) is 0 Å². The van der Waals surface area contributed by atoms with Crippen LogP contribution in [0.1, 0.15) is 19.6 Å². The molecule has 0 bridgehead atoms. The van der Waals surface area contributed by atoms with Gasteiger partial charge in [0.05, 0.1) is 12.5 Å². The fraction of sp³-hybridized carbons (Fsp3) is 0.583. The Kier molecular flexibility index (Phi) is 7.23. The highest BCUT2D eigenvalue weighted by molar-refractivity contribution is 5.94. The normalized spacial score (nSPS) is 13.1. The number of amides is 2. The van der Waals surface area contributed by atoms with Crippen LogP contribution in [0.3, 0.4) is 0 Å². The summed E-state index contributed by atoms with van der Waals surface area (Å²) in [6, 6.07) is 1.35. The zero-order valence-corrected chi connectivity index (χ0v) is 12.9. The number of nitrogens with two attached hydrogens (primary N) is 1. The number of aromatic nitrogens is 1. The number of nitrogens with one attached hydrogen (secondary N) is 1. The molecule has 0 spiro atoms. The highest BCUT2D eigenvalue weighted by Gasteiger charge is 2.22. The fourth-order valence-corrected chi connectivity index (χ4v) is 1.47. The molecule has 20 heavy (non-hydrogen) atoms. The molecule has 0 saturated heterocycles. The van der Waals surface area contributed by atoms with Crippen LogP contribution in [0.4, 0.5) is 5.82 Å². The maximum Gasteiger partial charge on any atom is 0.245 e. The first-order valence-electron chi connectivity index (χ1n) is 6.05. The van der Waals surface area contributed by atoms with Crippen LogP contribution in [0, 0.1) is 12.8 Å². The molecule has 2 atom stereocenters. The van der Waals surface area contributed by atoms with Gasteiger partial charge in [0.15, 0.2) is 5.82 Å². The Morgan fingerprint density at radius 2 is 2.10 bits per heavy atom. The summed E-state index contributed by atoms with van der Waals surface area (Å²) in [4.78, 5) is 25.0. The van der Waals surface area contributed by atoms with Crippen molar-refractivity contribution in [2.45, 2.75) is 26.8 Å². The lowest BCUT2D eigenvalue weighted by Gasteiger charge is -2.22. The number of hydrogen-bond donors (Lipinski definition) is 2. The first-order valence-corrected chi connectivity index (χ1v) is 6.05. The third-order valence-electron chi connectivity index (χ3n) is 2.83. The number of nitrogens with zero attached hydrogens (tertiary/aromatic N) is 2.